The van der Waals surface area contributed by atoms with Crippen LogP contribution in [0.4, 0.5) is 5.69 Å². The van der Waals surface area contributed by atoms with E-state index in [1.165, 1.54) is 44.9 Å². The summed E-state index contributed by atoms with van der Waals surface area (Å²) in [5, 5.41) is 28.5. The van der Waals surface area contributed by atoms with Crippen LogP contribution in [-0.4, -0.2) is 37.4 Å². The number of benzene rings is 1. The van der Waals surface area contributed by atoms with E-state index in [0.717, 1.165) is 30.6 Å². The first kappa shape index (κ1) is 31.9. The zero-order chi connectivity index (χ0) is 28.9. The monoisotopic (exact) mass is 552 g/mol. The Kier molecular flexibility index (Phi) is 12.5. The molecule has 1 aromatic carbocycles. The first-order chi connectivity index (χ1) is 18.6. The van der Waals surface area contributed by atoms with Gasteiger partial charge in [0.15, 0.2) is 11.3 Å². The van der Waals surface area contributed by atoms with Crippen molar-refractivity contribution in [3.63, 3.8) is 0 Å². The van der Waals surface area contributed by atoms with E-state index in [1.54, 1.807) is 26.0 Å². The van der Waals surface area contributed by atoms with E-state index in [2.05, 4.69) is 17.9 Å². The molecule has 0 amide bonds. The molecule has 0 spiro atoms. The third kappa shape index (κ3) is 9.74. The van der Waals surface area contributed by atoms with E-state index in [1.807, 2.05) is 24.3 Å². The van der Waals surface area contributed by atoms with Crippen LogP contribution in [0.15, 0.2) is 41.2 Å². The van der Waals surface area contributed by atoms with Gasteiger partial charge in [-0.05, 0) is 44.4 Å². The molecule has 0 atom stereocenters. The van der Waals surface area contributed by atoms with Crippen LogP contribution in [0.5, 0.6) is 0 Å². The summed E-state index contributed by atoms with van der Waals surface area (Å²) in [5.74, 6) is -0.290. The highest BCUT2D eigenvalue weighted by Crippen LogP contribution is 2.45. The third-order valence-corrected chi connectivity index (χ3v) is 7.69. The SMILES string of the molecule is CCCCCCCCCCCN(CCCS(=O)(=O)O)c1ccc(C2=C(C#N)C(=C(C#N)C#N)OC2(C)C)cc1. The molecule has 1 N–H and O–H groups in total. The Morgan fingerprint density at radius 1 is 0.897 bits per heavy atom. The summed E-state index contributed by atoms with van der Waals surface area (Å²) in [4.78, 5) is 2.13. The Labute approximate surface area is 233 Å². The van der Waals surface area contributed by atoms with Gasteiger partial charge in [0.2, 0.25) is 0 Å². The molecule has 1 aliphatic heterocycles. The number of unbranched alkanes of at least 4 members (excludes halogenated alkanes) is 8. The second-order valence-corrected chi connectivity index (χ2v) is 12.0. The van der Waals surface area contributed by atoms with E-state index in [9.17, 15) is 24.2 Å². The van der Waals surface area contributed by atoms with Crippen LogP contribution in [0.1, 0.15) is 90.5 Å². The minimum Gasteiger partial charge on any atom is -0.480 e. The second-order valence-electron chi connectivity index (χ2n) is 10.4. The van der Waals surface area contributed by atoms with Crippen LogP contribution in [0.25, 0.3) is 5.57 Å². The Morgan fingerprint density at radius 3 is 1.95 bits per heavy atom. The van der Waals surface area contributed by atoms with Crippen LogP contribution in [0, 0.1) is 34.0 Å². The Bertz CT molecular complexity index is 1240. The summed E-state index contributed by atoms with van der Waals surface area (Å²) in [6.45, 7) is 7.05. The van der Waals surface area contributed by atoms with E-state index in [0.29, 0.717) is 18.5 Å². The fourth-order valence-corrected chi connectivity index (χ4v) is 5.43. The number of hydrogen-bond acceptors (Lipinski definition) is 7. The van der Waals surface area contributed by atoms with Crippen LogP contribution < -0.4 is 4.90 Å². The second kappa shape index (κ2) is 15.3. The van der Waals surface area contributed by atoms with Gasteiger partial charge in [0.1, 0.15) is 29.4 Å². The van der Waals surface area contributed by atoms with Crippen LogP contribution in [0.2, 0.25) is 0 Å². The molecule has 0 bridgehead atoms. The van der Waals surface area contributed by atoms with Crippen molar-refractivity contribution in [1.29, 1.82) is 15.8 Å². The van der Waals surface area contributed by atoms with Crippen molar-refractivity contribution in [2.75, 3.05) is 23.7 Å². The van der Waals surface area contributed by atoms with Gasteiger partial charge in [0.05, 0.1) is 5.75 Å². The van der Waals surface area contributed by atoms with Crippen LogP contribution >= 0.6 is 0 Å². The minimum absolute atomic E-state index is 0.00350. The summed E-state index contributed by atoms with van der Waals surface area (Å²) < 4.78 is 37.6. The smallest absolute Gasteiger partial charge is 0.264 e. The topological polar surface area (TPSA) is 138 Å². The molecule has 1 heterocycles. The van der Waals surface area contributed by atoms with Gasteiger partial charge in [-0.3, -0.25) is 4.55 Å². The highest BCUT2D eigenvalue weighted by atomic mass is 32.2. The summed E-state index contributed by atoms with van der Waals surface area (Å²) in [6.07, 6.45) is 11.2. The average Bonchev–Trinajstić information content (AvgIpc) is 3.16. The largest absolute Gasteiger partial charge is 0.480 e. The Balaban J connectivity index is 2.18. The average molecular weight is 553 g/mol. The zero-order valence-corrected chi connectivity index (χ0v) is 24.2. The van der Waals surface area contributed by atoms with Gasteiger partial charge in [-0.25, -0.2) is 0 Å². The standard InChI is InChI=1S/C30H40N4O4S/c1-4-5-6-7-8-9-10-11-12-18-34(19-13-20-39(35,36)37)26-16-14-24(15-17-26)28-27(23-33)29(25(21-31)22-32)38-30(28,2)3/h14-17H,4-13,18-20H2,1-3H3,(H,35,36,37). The molecular formula is C30H40N4O4S. The van der Waals surface area contributed by atoms with E-state index in [-0.39, 0.29) is 22.7 Å². The maximum Gasteiger partial charge on any atom is 0.264 e. The van der Waals surface area contributed by atoms with Crippen LogP contribution in [0.3, 0.4) is 0 Å². The number of nitriles is 3. The van der Waals surface area contributed by atoms with Gasteiger partial charge in [-0.15, -0.1) is 0 Å². The molecule has 1 aliphatic rings. The predicted molar refractivity (Wildman–Crippen MR) is 153 cm³/mol. The fraction of sp³-hybridized carbons (Fsp3) is 0.567. The maximum atomic E-state index is 11.3. The first-order valence-electron chi connectivity index (χ1n) is 13.8. The molecule has 1 aromatic rings. The lowest BCUT2D eigenvalue weighted by Crippen LogP contribution is -2.27. The number of hydrogen-bond donors (Lipinski definition) is 1. The molecule has 0 saturated heterocycles. The predicted octanol–water partition coefficient (Wildman–Crippen LogP) is 6.69. The number of ether oxygens (including phenoxy) is 1. The fourth-order valence-electron chi connectivity index (χ4n) is 4.93. The highest BCUT2D eigenvalue weighted by molar-refractivity contribution is 7.85. The molecule has 0 aliphatic carbocycles. The summed E-state index contributed by atoms with van der Waals surface area (Å²) >= 11 is 0. The Morgan fingerprint density at radius 2 is 1.44 bits per heavy atom. The summed E-state index contributed by atoms with van der Waals surface area (Å²) in [7, 11) is -4.03. The van der Waals surface area contributed by atoms with E-state index < -0.39 is 15.7 Å². The quantitative estimate of drug-likeness (QED) is 0.136. The van der Waals surface area contributed by atoms with Gasteiger partial charge >= 0.3 is 0 Å². The molecule has 9 heteroatoms. The van der Waals surface area contributed by atoms with Gasteiger partial charge in [-0.2, -0.15) is 24.2 Å². The van der Waals surface area contributed by atoms with Gasteiger partial charge < -0.3 is 9.64 Å². The summed E-state index contributed by atoms with van der Waals surface area (Å²) in [5.41, 5.74) is 1.28. The molecule has 8 nitrogen and oxygen atoms in total. The van der Waals surface area contributed by atoms with Crippen molar-refractivity contribution in [2.45, 2.75) is 90.6 Å². The number of rotatable bonds is 16. The maximum absolute atomic E-state index is 11.3. The highest BCUT2D eigenvalue weighted by Gasteiger charge is 2.40. The number of anilines is 1. The Hall–Kier alpha value is -3.32. The van der Waals surface area contributed by atoms with Gasteiger partial charge in [0.25, 0.3) is 10.1 Å². The third-order valence-electron chi connectivity index (χ3n) is 6.88. The van der Waals surface area contributed by atoms with Crippen molar-refractivity contribution < 1.29 is 17.7 Å². The van der Waals surface area contributed by atoms with Gasteiger partial charge in [-0.1, -0.05) is 70.4 Å². The summed E-state index contributed by atoms with van der Waals surface area (Å²) in [6, 6.07) is 13.3. The molecule has 210 valence electrons. The molecule has 0 unspecified atom stereocenters. The van der Waals surface area contributed by atoms with Crippen molar-refractivity contribution in [3.05, 3.63) is 46.7 Å². The van der Waals surface area contributed by atoms with Crippen LogP contribution in [-0.2, 0) is 14.9 Å². The lowest BCUT2D eigenvalue weighted by molar-refractivity contribution is 0.109. The van der Waals surface area contributed by atoms with Crippen molar-refractivity contribution in [1.82, 2.24) is 0 Å². The number of allylic oxidation sites excluding steroid dienone is 2. The normalized spacial score (nSPS) is 14.3. The van der Waals surface area contributed by atoms with Crippen molar-refractivity contribution >= 4 is 21.4 Å². The molecule has 0 radical (unpaired) electrons. The lowest BCUT2D eigenvalue weighted by atomic mass is 9.89. The van der Waals surface area contributed by atoms with E-state index >= 15 is 0 Å². The molecule has 2 rings (SSSR count). The lowest BCUT2D eigenvalue weighted by Gasteiger charge is -2.26. The molecule has 0 saturated carbocycles. The molecule has 0 aromatic heterocycles. The number of nitrogens with zero attached hydrogens (tertiary/aromatic N) is 4. The molecule has 0 fully saturated rings. The molecule has 39 heavy (non-hydrogen) atoms. The van der Waals surface area contributed by atoms with Gasteiger partial charge in [0, 0.05) is 24.4 Å². The zero-order valence-electron chi connectivity index (χ0n) is 23.4. The molecular weight excluding hydrogens is 512 g/mol. The van der Waals surface area contributed by atoms with Crippen molar-refractivity contribution in [2.24, 2.45) is 0 Å². The van der Waals surface area contributed by atoms with Crippen molar-refractivity contribution in [3.8, 4) is 18.2 Å². The first-order valence-corrected chi connectivity index (χ1v) is 15.4. The minimum atomic E-state index is -4.03. The van der Waals surface area contributed by atoms with E-state index in [4.69, 9.17) is 9.29 Å².